The third-order valence-electron chi connectivity index (χ3n) is 2.46. The predicted molar refractivity (Wildman–Crippen MR) is 86.4 cm³/mol. The molecule has 5 nitrogen and oxygen atoms in total. The lowest BCUT2D eigenvalue weighted by Gasteiger charge is -2.19. The highest BCUT2D eigenvalue weighted by Crippen LogP contribution is 2.20. The van der Waals surface area contributed by atoms with Crippen molar-refractivity contribution in [3.8, 4) is 0 Å². The molecule has 0 bridgehead atoms. The summed E-state index contributed by atoms with van der Waals surface area (Å²) in [6.07, 6.45) is -0.330. The van der Waals surface area contributed by atoms with Crippen LogP contribution in [0, 0.1) is 6.92 Å². The van der Waals surface area contributed by atoms with Gasteiger partial charge in [0, 0.05) is 23.1 Å². The molecular weight excluding hydrogens is 336 g/mol. The summed E-state index contributed by atoms with van der Waals surface area (Å²) >= 11 is 3.40. The van der Waals surface area contributed by atoms with Gasteiger partial charge in [0.1, 0.15) is 5.60 Å². The van der Waals surface area contributed by atoms with Crippen LogP contribution in [0.15, 0.2) is 22.7 Å². The van der Waals surface area contributed by atoms with Crippen LogP contribution in [0.1, 0.15) is 32.8 Å². The molecule has 1 rings (SSSR count). The van der Waals surface area contributed by atoms with Gasteiger partial charge in [-0.2, -0.15) is 0 Å². The maximum atomic E-state index is 11.8. The Hall–Kier alpha value is -1.56. The fourth-order valence-corrected chi connectivity index (χ4v) is 1.78. The van der Waals surface area contributed by atoms with Crippen molar-refractivity contribution < 1.29 is 14.3 Å². The van der Waals surface area contributed by atoms with Crippen LogP contribution in [-0.4, -0.2) is 24.1 Å². The van der Waals surface area contributed by atoms with Crippen LogP contribution in [0.2, 0.25) is 0 Å². The van der Waals surface area contributed by atoms with Gasteiger partial charge in [0.15, 0.2) is 0 Å². The van der Waals surface area contributed by atoms with Crippen LogP contribution >= 0.6 is 15.9 Å². The van der Waals surface area contributed by atoms with Crippen LogP contribution in [-0.2, 0) is 9.53 Å². The molecule has 0 saturated heterocycles. The van der Waals surface area contributed by atoms with Gasteiger partial charge in [-0.3, -0.25) is 4.79 Å². The van der Waals surface area contributed by atoms with Crippen molar-refractivity contribution in [1.29, 1.82) is 0 Å². The highest BCUT2D eigenvalue weighted by Gasteiger charge is 2.15. The van der Waals surface area contributed by atoms with Crippen molar-refractivity contribution in [1.82, 2.24) is 5.32 Å². The predicted octanol–water partition coefficient (Wildman–Crippen LogP) is 3.61. The van der Waals surface area contributed by atoms with Crippen molar-refractivity contribution in [2.75, 3.05) is 11.9 Å². The molecule has 0 atom stereocenters. The molecule has 1 aromatic carbocycles. The molecule has 0 spiro atoms. The minimum atomic E-state index is -0.540. The van der Waals surface area contributed by atoms with Crippen molar-refractivity contribution in [3.05, 3.63) is 28.2 Å². The zero-order chi connectivity index (χ0) is 16.0. The fraction of sp³-hybridized carbons (Fsp3) is 0.467. The van der Waals surface area contributed by atoms with E-state index in [1.54, 1.807) is 20.8 Å². The van der Waals surface area contributed by atoms with Crippen LogP contribution in [0.4, 0.5) is 10.5 Å². The molecule has 21 heavy (non-hydrogen) atoms. The summed E-state index contributed by atoms with van der Waals surface area (Å²) in [5.41, 5.74) is 1.24. The van der Waals surface area contributed by atoms with Crippen LogP contribution in [0.25, 0.3) is 0 Å². The summed E-state index contributed by atoms with van der Waals surface area (Å²) in [7, 11) is 0. The fourth-order valence-electron chi connectivity index (χ4n) is 1.54. The minimum absolute atomic E-state index is 0.159. The maximum absolute atomic E-state index is 11.8. The number of nitrogens with one attached hydrogen (secondary N) is 2. The van der Waals surface area contributed by atoms with Crippen LogP contribution < -0.4 is 10.6 Å². The van der Waals surface area contributed by atoms with Gasteiger partial charge in [0.25, 0.3) is 0 Å². The zero-order valence-corrected chi connectivity index (χ0v) is 14.3. The van der Waals surface area contributed by atoms with E-state index in [0.29, 0.717) is 0 Å². The molecule has 2 amide bonds. The van der Waals surface area contributed by atoms with E-state index in [1.807, 2.05) is 25.1 Å². The van der Waals surface area contributed by atoms with Gasteiger partial charge in [-0.1, -0.05) is 15.9 Å². The average Bonchev–Trinajstić information content (AvgIpc) is 2.31. The number of hydrogen-bond acceptors (Lipinski definition) is 3. The third-order valence-corrected chi connectivity index (χ3v) is 3.35. The third kappa shape index (κ3) is 7.13. The monoisotopic (exact) mass is 356 g/mol. The van der Waals surface area contributed by atoms with Gasteiger partial charge >= 0.3 is 6.09 Å². The van der Waals surface area contributed by atoms with Gasteiger partial charge in [-0.15, -0.1) is 0 Å². The van der Waals surface area contributed by atoms with Crippen LogP contribution in [0.3, 0.4) is 0 Å². The molecule has 0 aliphatic rings. The number of ether oxygens (including phenoxy) is 1. The summed E-state index contributed by atoms with van der Waals surface area (Å²) in [6.45, 7) is 7.54. The van der Waals surface area contributed by atoms with Crippen molar-refractivity contribution >= 4 is 33.6 Å². The smallest absolute Gasteiger partial charge is 0.407 e. The largest absolute Gasteiger partial charge is 0.444 e. The number of rotatable bonds is 4. The van der Waals surface area contributed by atoms with E-state index in [4.69, 9.17) is 4.74 Å². The first-order valence-electron chi connectivity index (χ1n) is 6.70. The molecule has 6 heteroatoms. The van der Waals surface area contributed by atoms with E-state index in [0.717, 1.165) is 15.7 Å². The number of hydrogen-bond donors (Lipinski definition) is 2. The lowest BCUT2D eigenvalue weighted by Crippen LogP contribution is -2.34. The Morgan fingerprint density at radius 3 is 2.52 bits per heavy atom. The number of benzene rings is 1. The second-order valence-corrected chi connectivity index (χ2v) is 6.55. The lowest BCUT2D eigenvalue weighted by molar-refractivity contribution is -0.116. The molecule has 0 aromatic heterocycles. The Balaban J connectivity index is 2.34. The SMILES string of the molecule is Cc1cc(NC(=O)CCNC(=O)OC(C)(C)C)ccc1Br. The van der Waals surface area contributed by atoms with E-state index in [1.165, 1.54) is 0 Å². The van der Waals surface area contributed by atoms with Gasteiger partial charge in [-0.05, 0) is 51.5 Å². The number of anilines is 1. The van der Waals surface area contributed by atoms with E-state index in [-0.39, 0.29) is 18.9 Å². The van der Waals surface area contributed by atoms with Gasteiger partial charge in [-0.25, -0.2) is 4.79 Å². The number of aryl methyl sites for hydroxylation is 1. The number of halogens is 1. The molecule has 0 aliphatic carbocycles. The standard InChI is InChI=1S/C15H21BrN2O3/c1-10-9-11(5-6-12(10)16)18-13(19)7-8-17-14(20)21-15(2,3)4/h5-6,9H,7-8H2,1-4H3,(H,17,20)(H,18,19). The quantitative estimate of drug-likeness (QED) is 0.865. The summed E-state index contributed by atoms with van der Waals surface area (Å²) in [4.78, 5) is 23.2. The first-order valence-corrected chi connectivity index (χ1v) is 7.49. The summed E-state index contributed by atoms with van der Waals surface area (Å²) in [6, 6.07) is 5.57. The van der Waals surface area contributed by atoms with Gasteiger partial charge in [0.2, 0.25) is 5.91 Å². The van der Waals surface area contributed by atoms with Gasteiger partial charge < -0.3 is 15.4 Å². The van der Waals surface area contributed by atoms with E-state index < -0.39 is 11.7 Å². The lowest BCUT2D eigenvalue weighted by atomic mass is 10.2. The molecule has 1 aromatic rings. The highest BCUT2D eigenvalue weighted by atomic mass is 79.9. The normalized spacial score (nSPS) is 10.9. The summed E-state index contributed by atoms with van der Waals surface area (Å²) in [5, 5.41) is 5.33. The maximum Gasteiger partial charge on any atom is 0.407 e. The van der Waals surface area contributed by atoms with Crippen LogP contribution in [0.5, 0.6) is 0 Å². The topological polar surface area (TPSA) is 67.4 Å². The molecule has 0 aliphatic heterocycles. The summed E-state index contributed by atoms with van der Waals surface area (Å²) < 4.78 is 6.07. The Morgan fingerprint density at radius 2 is 1.95 bits per heavy atom. The zero-order valence-electron chi connectivity index (χ0n) is 12.7. The molecule has 0 fully saturated rings. The molecule has 0 radical (unpaired) electrons. The van der Waals surface area contributed by atoms with Gasteiger partial charge in [0.05, 0.1) is 0 Å². The Morgan fingerprint density at radius 1 is 1.29 bits per heavy atom. The Kier molecular flexibility index (Phi) is 6.20. The molecule has 2 N–H and O–H groups in total. The number of carbonyl (C=O) groups is 2. The highest BCUT2D eigenvalue weighted by molar-refractivity contribution is 9.10. The second kappa shape index (κ2) is 7.45. The Labute approximate surface area is 133 Å². The number of alkyl carbamates (subject to hydrolysis) is 1. The molecular formula is C15H21BrN2O3. The molecule has 0 saturated carbocycles. The minimum Gasteiger partial charge on any atom is -0.444 e. The van der Waals surface area contributed by atoms with Crippen molar-refractivity contribution in [2.45, 2.75) is 39.7 Å². The molecule has 0 unspecified atom stereocenters. The van der Waals surface area contributed by atoms with Crippen molar-refractivity contribution in [3.63, 3.8) is 0 Å². The Bertz CT molecular complexity index is 524. The first kappa shape index (κ1) is 17.5. The summed E-state index contributed by atoms with van der Waals surface area (Å²) in [5.74, 6) is -0.159. The van der Waals surface area contributed by atoms with E-state index in [2.05, 4.69) is 26.6 Å². The van der Waals surface area contributed by atoms with E-state index in [9.17, 15) is 9.59 Å². The average molecular weight is 357 g/mol. The number of amides is 2. The first-order chi connectivity index (χ1) is 9.67. The molecule has 116 valence electrons. The van der Waals surface area contributed by atoms with Crippen molar-refractivity contribution in [2.24, 2.45) is 0 Å². The molecule has 0 heterocycles. The number of carbonyl (C=O) groups excluding carboxylic acids is 2. The van der Waals surface area contributed by atoms with E-state index >= 15 is 0 Å². The second-order valence-electron chi connectivity index (χ2n) is 5.69.